The van der Waals surface area contributed by atoms with E-state index in [1.54, 1.807) is 0 Å². The van der Waals surface area contributed by atoms with Crippen molar-refractivity contribution in [3.05, 3.63) is 120 Å². The van der Waals surface area contributed by atoms with E-state index in [4.69, 9.17) is 15.6 Å². The lowest BCUT2D eigenvalue weighted by Gasteiger charge is -2.14. The molecule has 1 heterocycles. The number of amidine groups is 2. The summed E-state index contributed by atoms with van der Waals surface area (Å²) < 4.78 is 6.31. The molecule has 0 fully saturated rings. The Hall–Kier alpha value is -4.44. The highest BCUT2D eigenvalue weighted by Gasteiger charge is 2.24. The highest BCUT2D eigenvalue weighted by Crippen LogP contribution is 2.37. The van der Waals surface area contributed by atoms with Crippen molar-refractivity contribution in [2.24, 2.45) is 10.7 Å². The summed E-state index contributed by atoms with van der Waals surface area (Å²) in [4.78, 5) is 4.58. The predicted molar refractivity (Wildman–Crippen MR) is 149 cm³/mol. The van der Waals surface area contributed by atoms with Gasteiger partial charge in [-0.2, -0.15) is 0 Å². The van der Waals surface area contributed by atoms with Gasteiger partial charge in [-0.05, 0) is 53.7 Å². The third-order valence-electron chi connectivity index (χ3n) is 6.86. The SMILES string of the molecule is N=C(/N=C(\N)C1=CCCc2oc3cc(C4=CCCC=C4)ccc3c21)c1ccccc1-c1ccccc1. The average molecular weight is 470 g/mol. The highest BCUT2D eigenvalue weighted by molar-refractivity contribution is 6.28. The number of nitrogens with two attached hydrogens (primary N) is 1. The first-order valence-electron chi connectivity index (χ1n) is 12.4. The van der Waals surface area contributed by atoms with Crippen LogP contribution in [-0.2, 0) is 6.42 Å². The van der Waals surface area contributed by atoms with E-state index >= 15 is 0 Å². The number of benzene rings is 3. The summed E-state index contributed by atoms with van der Waals surface area (Å²) >= 11 is 0. The van der Waals surface area contributed by atoms with Crippen LogP contribution in [-0.4, -0.2) is 11.7 Å². The molecule has 0 spiro atoms. The molecule has 0 amide bonds. The van der Waals surface area contributed by atoms with Crippen LogP contribution in [0.1, 0.15) is 41.7 Å². The largest absolute Gasteiger partial charge is 0.460 e. The van der Waals surface area contributed by atoms with Gasteiger partial charge in [0.15, 0.2) is 5.84 Å². The molecule has 0 saturated carbocycles. The summed E-state index contributed by atoms with van der Waals surface area (Å²) in [5, 5.41) is 9.83. The minimum Gasteiger partial charge on any atom is -0.460 e. The van der Waals surface area contributed by atoms with Gasteiger partial charge >= 0.3 is 0 Å². The van der Waals surface area contributed by atoms with Crippen molar-refractivity contribution in [3.63, 3.8) is 0 Å². The second-order valence-electron chi connectivity index (χ2n) is 9.16. The molecule has 0 radical (unpaired) electrons. The van der Waals surface area contributed by atoms with Crippen LogP contribution in [0.5, 0.6) is 0 Å². The molecule has 3 N–H and O–H groups in total. The maximum atomic E-state index is 8.79. The first-order chi connectivity index (χ1) is 17.7. The Morgan fingerprint density at radius 2 is 1.69 bits per heavy atom. The molecule has 3 aromatic carbocycles. The monoisotopic (exact) mass is 469 g/mol. The molecule has 4 aromatic rings. The van der Waals surface area contributed by atoms with Crippen LogP contribution in [0, 0.1) is 5.41 Å². The van der Waals surface area contributed by atoms with Crippen LogP contribution < -0.4 is 5.73 Å². The Balaban J connectivity index is 1.36. The van der Waals surface area contributed by atoms with Crippen LogP contribution in [0.25, 0.3) is 33.2 Å². The third-order valence-corrected chi connectivity index (χ3v) is 6.86. The third kappa shape index (κ3) is 4.01. The summed E-state index contributed by atoms with van der Waals surface area (Å²) in [5.41, 5.74) is 14.4. The van der Waals surface area contributed by atoms with Gasteiger partial charge in [0.25, 0.3) is 0 Å². The molecule has 6 rings (SSSR count). The van der Waals surface area contributed by atoms with Crippen LogP contribution in [0.15, 0.2) is 107 Å². The fraction of sp³-hybridized carbons (Fsp3) is 0.125. The maximum Gasteiger partial charge on any atom is 0.154 e. The summed E-state index contributed by atoms with van der Waals surface area (Å²) in [5.74, 6) is 1.42. The smallest absolute Gasteiger partial charge is 0.154 e. The number of nitrogens with one attached hydrogen (secondary N) is 1. The van der Waals surface area contributed by atoms with E-state index in [1.807, 2.05) is 54.6 Å². The number of nitrogens with zero attached hydrogens (tertiary/aromatic N) is 1. The Morgan fingerprint density at radius 3 is 2.53 bits per heavy atom. The molecule has 176 valence electrons. The van der Waals surface area contributed by atoms with E-state index in [-0.39, 0.29) is 5.84 Å². The maximum absolute atomic E-state index is 8.79. The van der Waals surface area contributed by atoms with Crippen molar-refractivity contribution >= 4 is 33.8 Å². The van der Waals surface area contributed by atoms with Gasteiger partial charge < -0.3 is 10.2 Å². The van der Waals surface area contributed by atoms with E-state index in [2.05, 4.69) is 47.5 Å². The van der Waals surface area contributed by atoms with E-state index in [0.29, 0.717) is 5.84 Å². The molecular formula is C32H27N3O. The molecule has 4 nitrogen and oxygen atoms in total. The fourth-order valence-electron chi connectivity index (χ4n) is 5.11. The summed E-state index contributed by atoms with van der Waals surface area (Å²) in [6, 6.07) is 24.3. The molecule has 2 aliphatic carbocycles. The van der Waals surface area contributed by atoms with Gasteiger partial charge in [0, 0.05) is 28.5 Å². The van der Waals surface area contributed by atoms with E-state index in [0.717, 1.165) is 75.8 Å². The molecule has 2 aliphatic rings. The van der Waals surface area contributed by atoms with E-state index in [9.17, 15) is 0 Å². The van der Waals surface area contributed by atoms with Crippen LogP contribution in [0.3, 0.4) is 0 Å². The Bertz CT molecular complexity index is 1600. The predicted octanol–water partition coefficient (Wildman–Crippen LogP) is 7.55. The Labute approximate surface area is 210 Å². The van der Waals surface area contributed by atoms with Gasteiger partial charge in [-0.25, -0.2) is 4.99 Å². The van der Waals surface area contributed by atoms with Gasteiger partial charge in [0.2, 0.25) is 0 Å². The quantitative estimate of drug-likeness (QED) is 0.239. The number of furan rings is 1. The normalized spacial score (nSPS) is 15.4. The minimum atomic E-state index is 0.145. The van der Waals surface area contributed by atoms with E-state index in [1.165, 1.54) is 5.57 Å². The number of aliphatic imine (C=N–C) groups is 1. The minimum absolute atomic E-state index is 0.145. The van der Waals surface area contributed by atoms with Crippen molar-refractivity contribution in [2.75, 3.05) is 0 Å². The average Bonchev–Trinajstić information content (AvgIpc) is 3.32. The van der Waals surface area contributed by atoms with Gasteiger partial charge in [-0.15, -0.1) is 0 Å². The fourth-order valence-corrected chi connectivity index (χ4v) is 5.11. The molecule has 1 aromatic heterocycles. The first-order valence-corrected chi connectivity index (χ1v) is 12.4. The molecular weight excluding hydrogens is 442 g/mol. The number of aryl methyl sites for hydroxylation is 1. The van der Waals surface area contributed by atoms with Crippen molar-refractivity contribution in [1.29, 1.82) is 5.41 Å². The topological polar surface area (TPSA) is 75.4 Å². The molecule has 0 saturated heterocycles. The van der Waals surface area contributed by atoms with Crippen molar-refractivity contribution in [1.82, 2.24) is 0 Å². The van der Waals surface area contributed by atoms with Crippen LogP contribution in [0.4, 0.5) is 0 Å². The highest BCUT2D eigenvalue weighted by atomic mass is 16.3. The Morgan fingerprint density at radius 1 is 0.861 bits per heavy atom. The summed E-state index contributed by atoms with van der Waals surface area (Å²) in [7, 11) is 0. The van der Waals surface area contributed by atoms with Crippen LogP contribution >= 0.6 is 0 Å². The number of hydrogen-bond acceptors (Lipinski definition) is 2. The lowest BCUT2D eigenvalue weighted by molar-refractivity contribution is 0.545. The van der Waals surface area contributed by atoms with Gasteiger partial charge in [-0.1, -0.05) is 85.0 Å². The number of hydrogen-bond donors (Lipinski definition) is 2. The zero-order chi connectivity index (χ0) is 24.5. The second-order valence-corrected chi connectivity index (χ2v) is 9.16. The van der Waals surface area contributed by atoms with Gasteiger partial charge in [0.05, 0.1) is 0 Å². The standard InChI is InChI=1S/C32H27N3O/c33-31(25-15-8-7-14-24(25)22-12-5-2-6-13-22)35-32(34)27-16-9-17-28-30(27)26-19-18-23(20-29(26)36-28)21-10-3-1-4-11-21/h2-3,5-8,10-16,18-20H,1,4,9,17H2,(H3,33,34,35). The zero-order valence-corrected chi connectivity index (χ0v) is 20.0. The number of fused-ring (bicyclic) bond motifs is 3. The second kappa shape index (κ2) is 9.31. The molecule has 4 heteroatoms. The van der Waals surface area contributed by atoms with E-state index < -0.39 is 0 Å². The summed E-state index contributed by atoms with van der Waals surface area (Å²) in [6.07, 6.45) is 12.6. The molecule has 0 aliphatic heterocycles. The number of rotatable bonds is 4. The van der Waals surface area contributed by atoms with Crippen molar-refractivity contribution in [2.45, 2.75) is 25.7 Å². The van der Waals surface area contributed by atoms with Crippen LogP contribution in [0.2, 0.25) is 0 Å². The number of allylic oxidation sites excluding steroid dienone is 5. The molecule has 36 heavy (non-hydrogen) atoms. The lowest BCUT2D eigenvalue weighted by Crippen LogP contribution is -2.19. The lowest BCUT2D eigenvalue weighted by atomic mass is 9.92. The summed E-state index contributed by atoms with van der Waals surface area (Å²) in [6.45, 7) is 0. The molecule has 0 unspecified atom stereocenters. The molecule has 0 atom stereocenters. The van der Waals surface area contributed by atoms with Gasteiger partial charge in [0.1, 0.15) is 17.2 Å². The van der Waals surface area contributed by atoms with Crippen molar-refractivity contribution in [3.8, 4) is 11.1 Å². The first kappa shape index (κ1) is 22.1. The van der Waals surface area contributed by atoms with Gasteiger partial charge in [-0.3, -0.25) is 5.41 Å². The zero-order valence-electron chi connectivity index (χ0n) is 20.0. The Kier molecular flexibility index (Phi) is 5.70. The molecule has 0 bridgehead atoms. The van der Waals surface area contributed by atoms with Crippen molar-refractivity contribution < 1.29 is 4.42 Å².